The summed E-state index contributed by atoms with van der Waals surface area (Å²) < 4.78 is 10.9. The summed E-state index contributed by atoms with van der Waals surface area (Å²) in [5, 5.41) is 0. The molecule has 0 aliphatic rings. The van der Waals surface area contributed by atoms with Crippen LogP contribution in [0.5, 0.6) is 0 Å². The second-order valence-electron chi connectivity index (χ2n) is 2.76. The molecule has 3 heteroatoms. The van der Waals surface area contributed by atoms with Crippen LogP contribution in [0.1, 0.15) is 11.6 Å². The van der Waals surface area contributed by atoms with E-state index in [1.807, 2.05) is 30.3 Å². The third-order valence-corrected chi connectivity index (χ3v) is 2.47. The highest BCUT2D eigenvalue weighted by atomic mass is 32.2. The Kier molecular flexibility index (Phi) is 3.44. The summed E-state index contributed by atoms with van der Waals surface area (Å²) in [6.07, 6.45) is 1.67. The molecule has 2 N–H and O–H groups in total. The lowest BCUT2D eigenvalue weighted by molar-refractivity contribution is 0.679. The molecule has 0 aliphatic carbocycles. The van der Waals surface area contributed by atoms with Gasteiger partial charge in [0, 0.05) is 28.9 Å². The largest absolute Gasteiger partial charge is 0.323 e. The standard InChI is InChI=1S/C9H13NOS/c1-12(11)7-9(10)8-5-3-2-4-6-8/h2-6,9H,7,10H2,1H3/t9-,12-/m1/s1. The van der Waals surface area contributed by atoms with E-state index in [-0.39, 0.29) is 6.04 Å². The van der Waals surface area contributed by atoms with E-state index in [0.717, 1.165) is 5.56 Å². The fraction of sp³-hybridized carbons (Fsp3) is 0.333. The second-order valence-corrected chi connectivity index (χ2v) is 4.24. The smallest absolute Gasteiger partial charge is 0.0425 e. The van der Waals surface area contributed by atoms with Crippen LogP contribution in [0, 0.1) is 0 Å². The van der Waals surface area contributed by atoms with Crippen molar-refractivity contribution < 1.29 is 4.21 Å². The van der Waals surface area contributed by atoms with Crippen molar-refractivity contribution in [3.05, 3.63) is 35.9 Å². The molecule has 0 saturated carbocycles. The Bertz CT molecular complexity index is 260. The molecule has 0 aromatic heterocycles. The Morgan fingerprint density at radius 1 is 1.42 bits per heavy atom. The molecule has 0 heterocycles. The van der Waals surface area contributed by atoms with Crippen LogP contribution in [-0.2, 0) is 10.8 Å². The zero-order valence-electron chi connectivity index (χ0n) is 7.07. The maximum atomic E-state index is 10.9. The lowest BCUT2D eigenvalue weighted by Gasteiger charge is -2.08. The fourth-order valence-corrected chi connectivity index (χ4v) is 1.75. The highest BCUT2D eigenvalue weighted by molar-refractivity contribution is 7.84. The summed E-state index contributed by atoms with van der Waals surface area (Å²) in [7, 11) is -0.821. The van der Waals surface area contributed by atoms with Gasteiger partial charge >= 0.3 is 0 Å². The maximum absolute atomic E-state index is 10.9. The van der Waals surface area contributed by atoms with Crippen LogP contribution in [-0.4, -0.2) is 16.2 Å². The van der Waals surface area contributed by atoms with Crippen LogP contribution in [0.4, 0.5) is 0 Å². The van der Waals surface area contributed by atoms with Gasteiger partial charge in [-0.1, -0.05) is 30.3 Å². The van der Waals surface area contributed by atoms with Crippen LogP contribution in [0.15, 0.2) is 30.3 Å². The van der Waals surface area contributed by atoms with Gasteiger partial charge in [-0.2, -0.15) is 0 Å². The van der Waals surface area contributed by atoms with E-state index in [4.69, 9.17) is 5.73 Å². The van der Waals surface area contributed by atoms with Crippen LogP contribution < -0.4 is 5.73 Å². The highest BCUT2D eigenvalue weighted by Crippen LogP contribution is 2.09. The highest BCUT2D eigenvalue weighted by Gasteiger charge is 2.05. The van der Waals surface area contributed by atoms with Crippen LogP contribution in [0.25, 0.3) is 0 Å². The minimum absolute atomic E-state index is 0.1000. The number of hydrogen-bond donors (Lipinski definition) is 1. The molecule has 0 saturated heterocycles. The number of nitrogens with two attached hydrogens (primary N) is 1. The van der Waals surface area contributed by atoms with Gasteiger partial charge in [0.05, 0.1) is 0 Å². The average Bonchev–Trinajstić information content (AvgIpc) is 2.05. The van der Waals surface area contributed by atoms with Gasteiger partial charge in [0.15, 0.2) is 0 Å². The summed E-state index contributed by atoms with van der Waals surface area (Å²) in [6, 6.07) is 9.63. The van der Waals surface area contributed by atoms with Gasteiger partial charge in [-0.15, -0.1) is 0 Å². The molecule has 1 aromatic carbocycles. The normalized spacial score (nSPS) is 15.5. The monoisotopic (exact) mass is 183 g/mol. The molecule has 0 aliphatic heterocycles. The molecule has 66 valence electrons. The van der Waals surface area contributed by atoms with Gasteiger partial charge in [-0.05, 0) is 5.56 Å². The molecule has 1 aromatic rings. The summed E-state index contributed by atoms with van der Waals surface area (Å²) in [5.74, 6) is 0.532. The maximum Gasteiger partial charge on any atom is 0.0425 e. The van der Waals surface area contributed by atoms with Crippen molar-refractivity contribution in [2.24, 2.45) is 5.73 Å². The molecule has 12 heavy (non-hydrogen) atoms. The molecule has 0 fully saturated rings. The number of rotatable bonds is 3. The first-order valence-electron chi connectivity index (χ1n) is 3.80. The van der Waals surface area contributed by atoms with Crippen molar-refractivity contribution in [1.29, 1.82) is 0 Å². The van der Waals surface area contributed by atoms with Gasteiger partial charge in [-0.25, -0.2) is 0 Å². The quantitative estimate of drug-likeness (QED) is 0.761. The average molecular weight is 183 g/mol. The molecule has 2 atom stereocenters. The molecule has 0 radical (unpaired) electrons. The first-order valence-corrected chi connectivity index (χ1v) is 5.53. The van der Waals surface area contributed by atoms with Crippen LogP contribution in [0.3, 0.4) is 0 Å². The summed E-state index contributed by atoms with van der Waals surface area (Å²) in [5.41, 5.74) is 6.85. The van der Waals surface area contributed by atoms with E-state index < -0.39 is 10.8 Å². The Morgan fingerprint density at radius 3 is 2.50 bits per heavy atom. The first kappa shape index (κ1) is 9.42. The fourth-order valence-electron chi connectivity index (χ4n) is 1.05. The Hall–Kier alpha value is -0.670. The van der Waals surface area contributed by atoms with Gasteiger partial charge in [-0.3, -0.25) is 4.21 Å². The summed E-state index contributed by atoms with van der Waals surface area (Å²) in [4.78, 5) is 0. The zero-order chi connectivity index (χ0) is 8.97. The molecular formula is C9H13NOS. The van der Waals surface area contributed by atoms with Gasteiger partial charge < -0.3 is 5.73 Å². The molecule has 0 amide bonds. The van der Waals surface area contributed by atoms with Crippen molar-refractivity contribution in [1.82, 2.24) is 0 Å². The topological polar surface area (TPSA) is 43.1 Å². The van der Waals surface area contributed by atoms with Crippen LogP contribution >= 0.6 is 0 Å². The minimum Gasteiger partial charge on any atom is -0.323 e. The van der Waals surface area contributed by atoms with Crippen molar-refractivity contribution in [2.75, 3.05) is 12.0 Å². The lowest BCUT2D eigenvalue weighted by Crippen LogP contribution is -2.17. The first-order chi connectivity index (χ1) is 5.70. The van der Waals surface area contributed by atoms with Gasteiger partial charge in [0.25, 0.3) is 0 Å². The summed E-state index contributed by atoms with van der Waals surface area (Å²) >= 11 is 0. The van der Waals surface area contributed by atoms with Crippen molar-refractivity contribution in [3.63, 3.8) is 0 Å². The third-order valence-electron chi connectivity index (χ3n) is 1.64. The SMILES string of the molecule is C[S@@](=O)C[C@@H](N)c1ccccc1. The van der Waals surface area contributed by atoms with Gasteiger partial charge in [0.2, 0.25) is 0 Å². The Morgan fingerprint density at radius 2 is 2.00 bits per heavy atom. The molecule has 0 bridgehead atoms. The van der Waals surface area contributed by atoms with Crippen LogP contribution in [0.2, 0.25) is 0 Å². The van der Waals surface area contributed by atoms with Crippen molar-refractivity contribution >= 4 is 10.8 Å². The molecule has 0 spiro atoms. The predicted octanol–water partition coefficient (Wildman–Crippen LogP) is 1.06. The number of hydrogen-bond acceptors (Lipinski definition) is 2. The Labute approximate surface area is 75.2 Å². The van der Waals surface area contributed by atoms with Gasteiger partial charge in [0.1, 0.15) is 0 Å². The van der Waals surface area contributed by atoms with E-state index in [2.05, 4.69) is 0 Å². The zero-order valence-corrected chi connectivity index (χ0v) is 7.88. The van der Waals surface area contributed by atoms with Crippen molar-refractivity contribution in [2.45, 2.75) is 6.04 Å². The molecular weight excluding hydrogens is 170 g/mol. The van der Waals surface area contributed by atoms with E-state index in [1.54, 1.807) is 6.26 Å². The Balaban J connectivity index is 2.65. The molecule has 0 unspecified atom stereocenters. The predicted molar refractivity (Wildman–Crippen MR) is 52.3 cm³/mol. The molecule has 2 nitrogen and oxygen atoms in total. The molecule has 1 rings (SSSR count). The number of benzene rings is 1. The van der Waals surface area contributed by atoms with E-state index in [1.165, 1.54) is 0 Å². The van der Waals surface area contributed by atoms with Crippen molar-refractivity contribution in [3.8, 4) is 0 Å². The van der Waals surface area contributed by atoms with E-state index >= 15 is 0 Å². The van der Waals surface area contributed by atoms with E-state index in [9.17, 15) is 4.21 Å². The summed E-state index contributed by atoms with van der Waals surface area (Å²) in [6.45, 7) is 0. The third kappa shape index (κ3) is 2.75. The second kappa shape index (κ2) is 4.38. The minimum atomic E-state index is -0.821. The van der Waals surface area contributed by atoms with E-state index in [0.29, 0.717) is 5.75 Å². The lowest BCUT2D eigenvalue weighted by atomic mass is 10.1.